The molecular weight excluding hydrogens is 502 g/mol. The molecule has 0 unspecified atom stereocenters. The normalized spacial score (nSPS) is 9.00. The van der Waals surface area contributed by atoms with E-state index in [0.717, 1.165) is 0 Å². The Kier molecular flexibility index (Phi) is 10.9. The van der Waals surface area contributed by atoms with E-state index in [0.29, 0.717) is 0 Å². The van der Waals surface area contributed by atoms with E-state index in [1.54, 1.807) is 0 Å². The van der Waals surface area contributed by atoms with Gasteiger partial charge in [-0.1, -0.05) is 0 Å². The number of carbonyl (C=O) groups is 2. The molecule has 0 N–H and O–H groups in total. The summed E-state index contributed by atoms with van der Waals surface area (Å²) in [6.45, 7) is 0. The molecule has 0 fully saturated rings. The molecule has 0 aromatic carbocycles. The summed E-state index contributed by atoms with van der Waals surface area (Å²) in [5.41, 5.74) is -0.563. The van der Waals surface area contributed by atoms with Crippen LogP contribution in [0, 0.1) is 0 Å². The average molecular weight is 508 g/mol. The first-order valence-electron chi connectivity index (χ1n) is 4.94. The quantitative estimate of drug-likeness (QED) is 0.409. The predicted octanol–water partition coefficient (Wildman–Crippen LogP) is -7.12. The maximum Gasteiger partial charge on any atom is 1.00 e. The van der Waals surface area contributed by atoms with E-state index in [1.807, 2.05) is 0 Å². The molecule has 2 heterocycles. The maximum absolute atomic E-state index is 10.9. The second-order valence-electron chi connectivity index (χ2n) is 3.37. The van der Waals surface area contributed by atoms with Crippen molar-refractivity contribution in [3.8, 4) is 11.4 Å². The zero-order valence-corrected chi connectivity index (χ0v) is 23.6. The number of hydrogen-bond donors (Lipinski definition) is 0. The number of carbonyl (C=O) groups excluding carboxylic acids is 2. The summed E-state index contributed by atoms with van der Waals surface area (Å²) < 4.78 is 0. The van der Waals surface area contributed by atoms with Crippen LogP contribution in [0.5, 0.6) is 0 Å². The summed E-state index contributed by atoms with van der Waals surface area (Å²) in [5.74, 6) is -2.90. The number of nitrogens with zero attached hydrogens (tertiary/aromatic N) is 2. The van der Waals surface area contributed by atoms with Gasteiger partial charge in [-0.3, -0.25) is 9.97 Å². The number of aromatic carboxylic acids is 2. The number of carboxylic acids is 2. The van der Waals surface area contributed by atoms with Gasteiger partial charge in [-0.15, -0.1) is 0 Å². The zero-order chi connectivity index (χ0) is 13.1. The molecule has 20 heavy (non-hydrogen) atoms. The molecule has 0 radical (unpaired) electrons. The van der Waals surface area contributed by atoms with E-state index in [9.17, 15) is 19.8 Å². The van der Waals surface area contributed by atoms with E-state index in [1.165, 1.54) is 36.7 Å². The Morgan fingerprint density at radius 1 is 0.800 bits per heavy atom. The Labute approximate surface area is 232 Å². The van der Waals surface area contributed by atoms with Crippen molar-refractivity contribution < 1.29 is 158 Å². The van der Waals surface area contributed by atoms with E-state index >= 15 is 0 Å². The van der Waals surface area contributed by atoms with Crippen molar-refractivity contribution in [1.82, 2.24) is 9.97 Å². The van der Waals surface area contributed by atoms with Crippen LogP contribution in [0.4, 0.5) is 0 Å². The summed E-state index contributed by atoms with van der Waals surface area (Å²) in [7, 11) is 0. The van der Waals surface area contributed by atoms with Gasteiger partial charge in [0.2, 0.25) is 0 Å². The fraction of sp³-hybridized carbons (Fsp3) is 0. The largest absolute Gasteiger partial charge is 1.00 e. The molecule has 0 atom stereocenters. The van der Waals surface area contributed by atoms with Gasteiger partial charge in [0.1, 0.15) is 0 Å². The van der Waals surface area contributed by atoms with E-state index in [-0.39, 0.29) is 160 Å². The van der Waals surface area contributed by atoms with Crippen LogP contribution in [-0.4, -0.2) is 21.9 Å². The number of aromatic nitrogens is 2. The third kappa shape index (κ3) is 5.21. The summed E-state index contributed by atoms with van der Waals surface area (Å²) in [6, 6.07) is 5.36. The monoisotopic (exact) mass is 508 g/mol. The molecule has 0 aliphatic rings. The van der Waals surface area contributed by atoms with Gasteiger partial charge in [-0.2, -0.15) is 0 Å². The van der Waals surface area contributed by atoms with Gasteiger partial charge in [0, 0.05) is 23.5 Å². The van der Waals surface area contributed by atoms with Gasteiger partial charge in [-0.05, 0) is 24.3 Å². The Bertz CT molecular complexity index is 579. The maximum atomic E-state index is 10.9. The Hall–Kier alpha value is 1.34. The second-order valence-corrected chi connectivity index (χ2v) is 3.37. The number of pyridine rings is 2. The van der Waals surface area contributed by atoms with Gasteiger partial charge in [0.25, 0.3) is 0 Å². The van der Waals surface area contributed by atoms with Crippen LogP contribution in [0.2, 0.25) is 0 Å². The zero-order valence-electron chi connectivity index (χ0n) is 11.0. The second kappa shape index (κ2) is 10.2. The van der Waals surface area contributed by atoms with Crippen molar-refractivity contribution in [2.45, 2.75) is 0 Å². The van der Waals surface area contributed by atoms with E-state index < -0.39 is 11.9 Å². The molecule has 0 spiro atoms. The molecule has 2 rings (SSSR count). The number of hydrogen-bond acceptors (Lipinski definition) is 6. The first-order chi connectivity index (χ1) is 8.61. The van der Waals surface area contributed by atoms with Crippen molar-refractivity contribution in [1.29, 1.82) is 0 Å². The van der Waals surface area contributed by atoms with Gasteiger partial charge in [0.05, 0.1) is 23.3 Å². The standard InChI is InChI=1S/C12H8N2O4.2Cs/c15-11(16)7-3-1-5-13-9(7)10-8(12(17)18)4-2-6-14-10;;/h1-6H,(H,15,16)(H,17,18);;/q;2*+1/p-2. The Balaban J connectivity index is 0.00000180. The van der Waals surface area contributed by atoms with Gasteiger partial charge < -0.3 is 19.8 Å². The van der Waals surface area contributed by atoms with Crippen molar-refractivity contribution in [2.24, 2.45) is 0 Å². The molecule has 0 amide bonds. The van der Waals surface area contributed by atoms with Crippen LogP contribution >= 0.6 is 0 Å². The molecule has 0 saturated heterocycles. The van der Waals surface area contributed by atoms with E-state index in [2.05, 4.69) is 9.97 Å². The van der Waals surface area contributed by atoms with Gasteiger partial charge in [-0.25, -0.2) is 0 Å². The van der Waals surface area contributed by atoms with Crippen LogP contribution < -0.4 is 148 Å². The third-order valence-electron chi connectivity index (χ3n) is 2.28. The van der Waals surface area contributed by atoms with Crippen molar-refractivity contribution in [2.75, 3.05) is 0 Å². The molecule has 0 aliphatic heterocycles. The minimum absolute atomic E-state index is 0. The molecule has 2 aromatic heterocycles. The van der Waals surface area contributed by atoms with Crippen molar-refractivity contribution in [3.05, 3.63) is 47.8 Å². The molecule has 0 aliphatic carbocycles. The van der Waals surface area contributed by atoms with E-state index in [4.69, 9.17) is 0 Å². The van der Waals surface area contributed by atoms with Crippen LogP contribution in [-0.2, 0) is 0 Å². The van der Waals surface area contributed by atoms with Crippen molar-refractivity contribution in [3.63, 3.8) is 0 Å². The van der Waals surface area contributed by atoms with Crippen LogP contribution in [0.3, 0.4) is 0 Å². The number of rotatable bonds is 3. The minimum Gasteiger partial charge on any atom is -0.545 e. The molecule has 90 valence electrons. The first kappa shape index (κ1) is 21.3. The SMILES string of the molecule is O=C([O-])c1cccnc1-c1ncccc1C(=O)[O-].[Cs+].[Cs+]. The van der Waals surface area contributed by atoms with Crippen molar-refractivity contribution >= 4 is 11.9 Å². The molecule has 8 heteroatoms. The fourth-order valence-corrected chi connectivity index (χ4v) is 1.52. The summed E-state index contributed by atoms with van der Waals surface area (Å²) in [6.07, 6.45) is 2.69. The first-order valence-corrected chi connectivity index (χ1v) is 4.94. The molecule has 0 saturated carbocycles. The number of carboxylic acid groups (broad SMARTS) is 2. The van der Waals surface area contributed by atoms with Crippen LogP contribution in [0.15, 0.2) is 36.7 Å². The third-order valence-corrected chi connectivity index (χ3v) is 2.28. The summed E-state index contributed by atoms with van der Waals surface area (Å²) in [5, 5.41) is 21.9. The molecule has 2 aromatic rings. The molecule has 0 bridgehead atoms. The summed E-state index contributed by atoms with van der Waals surface area (Å²) >= 11 is 0. The Morgan fingerprint density at radius 3 is 1.45 bits per heavy atom. The smallest absolute Gasteiger partial charge is 0.545 e. The topological polar surface area (TPSA) is 106 Å². The Morgan fingerprint density at radius 2 is 1.15 bits per heavy atom. The van der Waals surface area contributed by atoms with Crippen LogP contribution in [0.25, 0.3) is 11.4 Å². The minimum atomic E-state index is -1.45. The summed E-state index contributed by atoms with van der Waals surface area (Å²) in [4.78, 5) is 29.5. The molecular formula is C12H6Cs2N2O4. The predicted molar refractivity (Wildman–Crippen MR) is 56.1 cm³/mol. The van der Waals surface area contributed by atoms with Crippen LogP contribution in [0.1, 0.15) is 20.7 Å². The van der Waals surface area contributed by atoms with Gasteiger partial charge in [0.15, 0.2) is 0 Å². The fourth-order valence-electron chi connectivity index (χ4n) is 1.52. The molecule has 6 nitrogen and oxygen atoms in total. The average Bonchev–Trinajstić information content (AvgIpc) is 2.38. The van der Waals surface area contributed by atoms with Gasteiger partial charge >= 0.3 is 138 Å².